The van der Waals surface area contributed by atoms with Gasteiger partial charge in [-0.25, -0.2) is 4.79 Å². The normalized spacial score (nSPS) is 11.9. The van der Waals surface area contributed by atoms with E-state index in [0.717, 1.165) is 11.1 Å². The summed E-state index contributed by atoms with van der Waals surface area (Å²) in [5, 5.41) is 2.65. The Balaban J connectivity index is 2.11. The summed E-state index contributed by atoms with van der Waals surface area (Å²) in [7, 11) is 1.29. The van der Waals surface area contributed by atoms with E-state index in [4.69, 9.17) is 4.74 Å². The summed E-state index contributed by atoms with van der Waals surface area (Å²) in [5.74, 6) is -0.901. The SMILES string of the molecule is COC(=O)C(NC(=O)/C=C/c1cccnc1)c1ccc(C)cc1. The van der Waals surface area contributed by atoms with Gasteiger partial charge in [0.15, 0.2) is 6.04 Å². The molecular formula is C18H18N2O3. The van der Waals surface area contributed by atoms with Crippen molar-refractivity contribution in [3.8, 4) is 0 Å². The molecule has 0 aliphatic heterocycles. The smallest absolute Gasteiger partial charge is 0.333 e. The van der Waals surface area contributed by atoms with Gasteiger partial charge < -0.3 is 10.1 Å². The van der Waals surface area contributed by atoms with Gasteiger partial charge in [0.25, 0.3) is 0 Å². The molecule has 1 aromatic heterocycles. The van der Waals surface area contributed by atoms with Crippen molar-refractivity contribution in [3.63, 3.8) is 0 Å². The number of pyridine rings is 1. The highest BCUT2D eigenvalue weighted by atomic mass is 16.5. The van der Waals surface area contributed by atoms with Crippen LogP contribution in [0.15, 0.2) is 54.9 Å². The third-order valence-electron chi connectivity index (χ3n) is 3.25. The first-order valence-corrected chi connectivity index (χ1v) is 7.13. The van der Waals surface area contributed by atoms with Crippen molar-refractivity contribution in [3.05, 3.63) is 71.6 Å². The molecule has 1 atom stereocenters. The molecular weight excluding hydrogens is 292 g/mol. The molecule has 5 heteroatoms. The lowest BCUT2D eigenvalue weighted by molar-refractivity contribution is -0.144. The zero-order valence-electron chi connectivity index (χ0n) is 13.0. The summed E-state index contributed by atoms with van der Waals surface area (Å²) in [6.45, 7) is 1.95. The number of aryl methyl sites for hydroxylation is 1. The van der Waals surface area contributed by atoms with Crippen LogP contribution < -0.4 is 5.32 Å². The van der Waals surface area contributed by atoms with E-state index in [1.165, 1.54) is 13.2 Å². The Morgan fingerprint density at radius 2 is 1.96 bits per heavy atom. The van der Waals surface area contributed by atoms with Gasteiger partial charge in [-0.15, -0.1) is 0 Å². The van der Waals surface area contributed by atoms with Gasteiger partial charge in [0.2, 0.25) is 5.91 Å². The highest BCUT2D eigenvalue weighted by molar-refractivity contribution is 5.94. The largest absolute Gasteiger partial charge is 0.467 e. The van der Waals surface area contributed by atoms with Crippen molar-refractivity contribution in [2.45, 2.75) is 13.0 Å². The van der Waals surface area contributed by atoms with Gasteiger partial charge in [-0.3, -0.25) is 9.78 Å². The summed E-state index contributed by atoms with van der Waals surface area (Å²) in [4.78, 5) is 28.0. The number of methoxy groups -OCH3 is 1. The fraction of sp³-hybridized carbons (Fsp3) is 0.167. The second-order valence-electron chi connectivity index (χ2n) is 5.00. The number of benzene rings is 1. The highest BCUT2D eigenvalue weighted by Gasteiger charge is 2.22. The lowest BCUT2D eigenvalue weighted by atomic mass is 10.1. The van der Waals surface area contributed by atoms with Gasteiger partial charge in [0, 0.05) is 18.5 Å². The molecule has 0 saturated carbocycles. The number of carbonyl (C=O) groups excluding carboxylic acids is 2. The van der Waals surface area contributed by atoms with Gasteiger partial charge in [0.1, 0.15) is 0 Å². The van der Waals surface area contributed by atoms with Gasteiger partial charge >= 0.3 is 5.97 Å². The Morgan fingerprint density at radius 1 is 1.22 bits per heavy atom. The van der Waals surface area contributed by atoms with E-state index in [2.05, 4.69) is 10.3 Å². The van der Waals surface area contributed by atoms with Crippen molar-refractivity contribution < 1.29 is 14.3 Å². The van der Waals surface area contributed by atoms with Gasteiger partial charge in [-0.1, -0.05) is 35.9 Å². The highest BCUT2D eigenvalue weighted by Crippen LogP contribution is 2.15. The van der Waals surface area contributed by atoms with E-state index in [0.29, 0.717) is 5.56 Å². The number of esters is 1. The molecule has 0 bridgehead atoms. The zero-order chi connectivity index (χ0) is 16.7. The van der Waals surface area contributed by atoms with Crippen LogP contribution in [0.1, 0.15) is 22.7 Å². The molecule has 0 radical (unpaired) electrons. The van der Waals surface area contributed by atoms with Crippen molar-refractivity contribution in [1.29, 1.82) is 0 Å². The summed E-state index contributed by atoms with van der Waals surface area (Å²) in [6, 6.07) is 10.1. The first kappa shape index (κ1) is 16.4. The van der Waals surface area contributed by atoms with Crippen molar-refractivity contribution in [1.82, 2.24) is 10.3 Å². The molecule has 0 fully saturated rings. The van der Waals surface area contributed by atoms with Crippen LogP contribution in [-0.2, 0) is 14.3 Å². The average Bonchev–Trinajstić information content (AvgIpc) is 2.59. The molecule has 0 aliphatic carbocycles. The first-order chi connectivity index (χ1) is 11.1. The summed E-state index contributed by atoms with van der Waals surface area (Å²) in [5.41, 5.74) is 2.54. The second-order valence-corrected chi connectivity index (χ2v) is 5.00. The lowest BCUT2D eigenvalue weighted by Gasteiger charge is -2.16. The molecule has 0 aliphatic rings. The maximum Gasteiger partial charge on any atom is 0.333 e. The average molecular weight is 310 g/mol. The monoisotopic (exact) mass is 310 g/mol. The van der Waals surface area contributed by atoms with E-state index in [-0.39, 0.29) is 5.91 Å². The molecule has 2 rings (SSSR count). The van der Waals surface area contributed by atoms with Crippen LogP contribution in [0, 0.1) is 6.92 Å². The first-order valence-electron chi connectivity index (χ1n) is 7.13. The van der Waals surface area contributed by atoms with Crippen LogP contribution in [0.4, 0.5) is 0 Å². The number of rotatable bonds is 5. The second kappa shape index (κ2) is 7.89. The van der Waals surface area contributed by atoms with E-state index < -0.39 is 12.0 Å². The molecule has 0 spiro atoms. The summed E-state index contributed by atoms with van der Waals surface area (Å²) in [6.07, 6.45) is 6.29. The number of aromatic nitrogens is 1. The standard InChI is InChI=1S/C18H18N2O3/c1-13-5-8-15(9-6-13)17(18(22)23-2)20-16(21)10-7-14-4-3-11-19-12-14/h3-12,17H,1-2H3,(H,20,21)/b10-7+. The molecule has 5 nitrogen and oxygen atoms in total. The van der Waals surface area contributed by atoms with Crippen molar-refractivity contribution in [2.24, 2.45) is 0 Å². The number of carbonyl (C=O) groups is 2. The maximum absolute atomic E-state index is 12.1. The maximum atomic E-state index is 12.1. The quantitative estimate of drug-likeness (QED) is 0.680. The van der Waals surface area contributed by atoms with Crippen LogP contribution in [0.25, 0.3) is 6.08 Å². The number of ether oxygens (including phenoxy) is 1. The zero-order valence-corrected chi connectivity index (χ0v) is 13.0. The van der Waals surface area contributed by atoms with E-state index in [1.807, 2.05) is 25.1 Å². The molecule has 2 aromatic rings. The topological polar surface area (TPSA) is 68.3 Å². The number of hydrogen-bond acceptors (Lipinski definition) is 4. The Kier molecular flexibility index (Phi) is 5.63. The fourth-order valence-corrected chi connectivity index (χ4v) is 1.99. The summed E-state index contributed by atoms with van der Waals surface area (Å²) >= 11 is 0. The van der Waals surface area contributed by atoms with Crippen LogP contribution in [0.3, 0.4) is 0 Å². The molecule has 23 heavy (non-hydrogen) atoms. The van der Waals surface area contributed by atoms with E-state index in [1.54, 1.807) is 36.7 Å². The van der Waals surface area contributed by atoms with Gasteiger partial charge in [0.05, 0.1) is 7.11 Å². The minimum atomic E-state index is -0.841. The predicted octanol–water partition coefficient (Wildman–Crippen LogP) is 2.43. The molecule has 1 N–H and O–H groups in total. The van der Waals surface area contributed by atoms with Crippen LogP contribution >= 0.6 is 0 Å². The lowest BCUT2D eigenvalue weighted by Crippen LogP contribution is -2.33. The van der Waals surface area contributed by atoms with Crippen LogP contribution in [-0.4, -0.2) is 24.0 Å². The van der Waals surface area contributed by atoms with Crippen molar-refractivity contribution >= 4 is 18.0 Å². The fourth-order valence-electron chi connectivity index (χ4n) is 1.99. The third kappa shape index (κ3) is 4.78. The number of nitrogens with zero attached hydrogens (tertiary/aromatic N) is 1. The molecule has 118 valence electrons. The molecule has 1 aromatic carbocycles. The predicted molar refractivity (Wildman–Crippen MR) is 87.3 cm³/mol. The Morgan fingerprint density at radius 3 is 2.57 bits per heavy atom. The Hall–Kier alpha value is -2.95. The summed E-state index contributed by atoms with van der Waals surface area (Å²) < 4.78 is 4.77. The minimum Gasteiger partial charge on any atom is -0.467 e. The Bertz CT molecular complexity index is 694. The molecule has 1 unspecified atom stereocenters. The van der Waals surface area contributed by atoms with Gasteiger partial charge in [-0.05, 0) is 30.2 Å². The molecule has 1 heterocycles. The molecule has 1 amide bonds. The van der Waals surface area contributed by atoms with Crippen molar-refractivity contribution in [2.75, 3.05) is 7.11 Å². The van der Waals surface area contributed by atoms with E-state index >= 15 is 0 Å². The third-order valence-corrected chi connectivity index (χ3v) is 3.25. The number of nitrogens with one attached hydrogen (secondary N) is 1. The van der Waals surface area contributed by atoms with Crippen LogP contribution in [0.5, 0.6) is 0 Å². The number of hydrogen-bond donors (Lipinski definition) is 1. The van der Waals surface area contributed by atoms with E-state index in [9.17, 15) is 9.59 Å². The number of amides is 1. The molecule has 0 saturated heterocycles. The minimum absolute atomic E-state index is 0.384. The van der Waals surface area contributed by atoms with Gasteiger partial charge in [-0.2, -0.15) is 0 Å². The Labute approximate surface area is 135 Å². The van der Waals surface area contributed by atoms with Crippen LogP contribution in [0.2, 0.25) is 0 Å².